The molecule has 2 rings (SSSR count). The molecule has 1 aliphatic heterocycles. The zero-order valence-corrected chi connectivity index (χ0v) is 9.48. The highest BCUT2D eigenvalue weighted by Crippen LogP contribution is 2.15. The number of nitrogens with one attached hydrogen (secondary N) is 1. The van der Waals surface area contributed by atoms with E-state index in [1.54, 1.807) is 4.90 Å². The largest absolute Gasteiger partial charge is 0.352 e. The monoisotopic (exact) mass is 212 g/mol. The molecular formula is C11H20N2S+2. The van der Waals surface area contributed by atoms with Gasteiger partial charge in [0.15, 0.2) is 6.04 Å². The summed E-state index contributed by atoms with van der Waals surface area (Å²) in [5, 5.41) is 2.18. The first-order valence-corrected chi connectivity index (χ1v) is 6.47. The van der Waals surface area contributed by atoms with Gasteiger partial charge in [-0.2, -0.15) is 0 Å². The molecule has 1 aliphatic rings. The minimum absolute atomic E-state index is 0.662. The van der Waals surface area contributed by atoms with Gasteiger partial charge in [0.05, 0.1) is 18.0 Å². The third-order valence-corrected chi connectivity index (χ3v) is 4.15. The molecule has 1 aromatic rings. The van der Waals surface area contributed by atoms with E-state index >= 15 is 0 Å². The van der Waals surface area contributed by atoms with Crippen molar-refractivity contribution in [2.24, 2.45) is 0 Å². The molecule has 2 nitrogen and oxygen atoms in total. The molecule has 1 aromatic heterocycles. The summed E-state index contributed by atoms with van der Waals surface area (Å²) >= 11 is 1.89. The summed E-state index contributed by atoms with van der Waals surface area (Å²) in [7, 11) is 0. The van der Waals surface area contributed by atoms with Crippen molar-refractivity contribution in [1.82, 2.24) is 0 Å². The number of piperidine rings is 1. The van der Waals surface area contributed by atoms with Crippen molar-refractivity contribution in [3.05, 3.63) is 22.4 Å². The molecule has 4 N–H and O–H groups in total. The summed E-state index contributed by atoms with van der Waals surface area (Å²) in [4.78, 5) is 3.28. The van der Waals surface area contributed by atoms with Gasteiger partial charge in [-0.15, -0.1) is 11.3 Å². The van der Waals surface area contributed by atoms with Gasteiger partial charge in [-0.3, -0.25) is 0 Å². The average molecular weight is 212 g/mol. The van der Waals surface area contributed by atoms with E-state index in [4.69, 9.17) is 0 Å². The van der Waals surface area contributed by atoms with Gasteiger partial charge in [0.2, 0.25) is 0 Å². The SMILES string of the molecule is [NH3+]C[C@H](c1cccs1)[NH+]1CCCCC1. The Labute approximate surface area is 89.7 Å². The number of quaternary nitrogens is 2. The Morgan fingerprint density at radius 3 is 2.71 bits per heavy atom. The highest BCUT2D eigenvalue weighted by Gasteiger charge is 2.26. The molecule has 1 fully saturated rings. The van der Waals surface area contributed by atoms with E-state index in [2.05, 4.69) is 23.2 Å². The highest BCUT2D eigenvalue weighted by atomic mass is 32.1. The Kier molecular flexibility index (Phi) is 3.56. The molecule has 14 heavy (non-hydrogen) atoms. The topological polar surface area (TPSA) is 32.1 Å². The molecule has 1 saturated heterocycles. The molecule has 0 aromatic carbocycles. The predicted octanol–water partition coefficient (Wildman–Crippen LogP) is 0.0999. The zero-order valence-electron chi connectivity index (χ0n) is 8.67. The summed E-state index contributed by atoms with van der Waals surface area (Å²) < 4.78 is 0. The first kappa shape index (κ1) is 10.1. The molecule has 0 spiro atoms. The second-order valence-corrected chi connectivity index (χ2v) is 5.05. The second-order valence-electron chi connectivity index (χ2n) is 4.08. The Hall–Kier alpha value is -0.380. The van der Waals surface area contributed by atoms with Crippen LogP contribution in [-0.2, 0) is 0 Å². The van der Waals surface area contributed by atoms with E-state index in [9.17, 15) is 0 Å². The first-order chi connectivity index (χ1) is 6.92. The van der Waals surface area contributed by atoms with Gasteiger partial charge < -0.3 is 10.6 Å². The van der Waals surface area contributed by atoms with Gasteiger partial charge in [-0.05, 0) is 30.7 Å². The van der Waals surface area contributed by atoms with Crippen LogP contribution in [0.25, 0.3) is 0 Å². The molecule has 0 radical (unpaired) electrons. The molecule has 78 valence electrons. The molecular weight excluding hydrogens is 192 g/mol. The van der Waals surface area contributed by atoms with Crippen LogP contribution < -0.4 is 10.6 Å². The standard InChI is InChI=1S/C11H18N2S/c12-9-10(11-5-4-8-14-11)13-6-2-1-3-7-13/h4-5,8,10H,1-3,6-7,9,12H2/p+2/t10-/m1/s1. The molecule has 3 heteroatoms. The lowest BCUT2D eigenvalue weighted by Gasteiger charge is -2.29. The van der Waals surface area contributed by atoms with E-state index in [-0.39, 0.29) is 0 Å². The summed E-state index contributed by atoms with van der Waals surface area (Å²) in [6, 6.07) is 5.09. The van der Waals surface area contributed by atoms with Crippen LogP contribution in [-0.4, -0.2) is 19.6 Å². The lowest BCUT2D eigenvalue weighted by molar-refractivity contribution is -0.941. The normalized spacial score (nSPS) is 20.9. The highest BCUT2D eigenvalue weighted by molar-refractivity contribution is 7.10. The fourth-order valence-corrected chi connectivity index (χ4v) is 3.31. The van der Waals surface area contributed by atoms with Crippen LogP contribution >= 0.6 is 11.3 Å². The van der Waals surface area contributed by atoms with Crippen LogP contribution in [0, 0.1) is 0 Å². The van der Waals surface area contributed by atoms with Crippen LogP contribution in [0.15, 0.2) is 17.5 Å². The van der Waals surface area contributed by atoms with Crippen LogP contribution in [0.5, 0.6) is 0 Å². The summed E-state index contributed by atoms with van der Waals surface area (Å²) in [6.07, 6.45) is 4.23. The van der Waals surface area contributed by atoms with E-state index in [0.717, 1.165) is 6.54 Å². The third-order valence-electron chi connectivity index (χ3n) is 3.16. The van der Waals surface area contributed by atoms with Gasteiger partial charge in [0.1, 0.15) is 6.54 Å². The Morgan fingerprint density at radius 2 is 2.14 bits per heavy atom. The van der Waals surface area contributed by atoms with Gasteiger partial charge in [0, 0.05) is 0 Å². The lowest BCUT2D eigenvalue weighted by Crippen LogP contribution is -3.14. The second kappa shape index (κ2) is 4.91. The van der Waals surface area contributed by atoms with Gasteiger partial charge in [-0.1, -0.05) is 6.07 Å². The van der Waals surface area contributed by atoms with E-state index in [0.29, 0.717) is 6.04 Å². The minimum Gasteiger partial charge on any atom is -0.352 e. The van der Waals surface area contributed by atoms with Gasteiger partial charge >= 0.3 is 0 Å². The number of hydrogen-bond donors (Lipinski definition) is 2. The van der Waals surface area contributed by atoms with Crippen LogP contribution in [0.4, 0.5) is 0 Å². The van der Waals surface area contributed by atoms with E-state index in [1.165, 1.54) is 37.2 Å². The van der Waals surface area contributed by atoms with Gasteiger partial charge in [0.25, 0.3) is 0 Å². The number of thiophene rings is 1. The van der Waals surface area contributed by atoms with Gasteiger partial charge in [-0.25, -0.2) is 0 Å². The quantitative estimate of drug-likeness (QED) is 0.712. The number of hydrogen-bond acceptors (Lipinski definition) is 1. The fraction of sp³-hybridized carbons (Fsp3) is 0.636. The Balaban J connectivity index is 2.04. The van der Waals surface area contributed by atoms with Crippen molar-refractivity contribution in [2.45, 2.75) is 25.3 Å². The first-order valence-electron chi connectivity index (χ1n) is 5.59. The third kappa shape index (κ3) is 2.16. The molecule has 2 heterocycles. The Bertz CT molecular complexity index is 252. The van der Waals surface area contributed by atoms with Crippen molar-refractivity contribution >= 4 is 11.3 Å². The van der Waals surface area contributed by atoms with Crippen molar-refractivity contribution in [2.75, 3.05) is 19.6 Å². The van der Waals surface area contributed by atoms with Crippen LogP contribution in [0.3, 0.4) is 0 Å². The van der Waals surface area contributed by atoms with E-state index in [1.807, 2.05) is 11.3 Å². The average Bonchev–Trinajstić information content (AvgIpc) is 2.74. The van der Waals surface area contributed by atoms with Crippen molar-refractivity contribution < 1.29 is 10.6 Å². The maximum absolute atomic E-state index is 4.10. The van der Waals surface area contributed by atoms with Crippen molar-refractivity contribution in [3.8, 4) is 0 Å². The molecule has 1 atom stereocenters. The predicted molar refractivity (Wildman–Crippen MR) is 59.4 cm³/mol. The van der Waals surface area contributed by atoms with Crippen molar-refractivity contribution in [3.63, 3.8) is 0 Å². The summed E-state index contributed by atoms with van der Waals surface area (Å²) in [5.41, 5.74) is 4.10. The minimum atomic E-state index is 0.662. The summed E-state index contributed by atoms with van der Waals surface area (Å²) in [5.74, 6) is 0. The maximum Gasteiger partial charge on any atom is 0.172 e. The number of rotatable bonds is 3. The van der Waals surface area contributed by atoms with E-state index < -0.39 is 0 Å². The van der Waals surface area contributed by atoms with Crippen LogP contribution in [0.2, 0.25) is 0 Å². The Morgan fingerprint density at radius 1 is 1.36 bits per heavy atom. The maximum atomic E-state index is 4.10. The van der Waals surface area contributed by atoms with Crippen LogP contribution in [0.1, 0.15) is 30.2 Å². The molecule has 0 bridgehead atoms. The molecule has 0 saturated carbocycles. The molecule has 0 amide bonds. The van der Waals surface area contributed by atoms with Crippen molar-refractivity contribution in [1.29, 1.82) is 0 Å². The smallest absolute Gasteiger partial charge is 0.172 e. The fourth-order valence-electron chi connectivity index (χ4n) is 2.39. The summed E-state index contributed by atoms with van der Waals surface area (Å²) in [6.45, 7) is 3.73. The molecule has 0 aliphatic carbocycles. The molecule has 0 unspecified atom stereocenters. The zero-order chi connectivity index (χ0) is 9.80. The lowest BCUT2D eigenvalue weighted by atomic mass is 10.1. The number of likely N-dealkylation sites (tertiary alicyclic amines) is 1.